The second kappa shape index (κ2) is 9.99. The van der Waals surface area contributed by atoms with Crippen molar-refractivity contribution in [3.05, 3.63) is 65.5 Å². The van der Waals surface area contributed by atoms with Gasteiger partial charge in [-0.2, -0.15) is 13.2 Å². The molecule has 0 bridgehead atoms. The number of nitrogens with one attached hydrogen (secondary N) is 1. The van der Waals surface area contributed by atoms with Gasteiger partial charge in [0.25, 0.3) is 5.91 Å². The van der Waals surface area contributed by atoms with Gasteiger partial charge in [0, 0.05) is 29.9 Å². The van der Waals surface area contributed by atoms with Crippen LogP contribution in [0.5, 0.6) is 5.88 Å². The predicted octanol–water partition coefficient (Wildman–Crippen LogP) is 6.14. The highest BCUT2D eigenvalue weighted by Crippen LogP contribution is 2.41. The van der Waals surface area contributed by atoms with Gasteiger partial charge in [-0.1, -0.05) is 6.92 Å². The van der Waals surface area contributed by atoms with E-state index in [4.69, 9.17) is 4.74 Å². The van der Waals surface area contributed by atoms with Crippen LogP contribution >= 0.6 is 0 Å². The van der Waals surface area contributed by atoms with Crippen molar-refractivity contribution in [2.75, 3.05) is 7.11 Å². The van der Waals surface area contributed by atoms with E-state index in [0.717, 1.165) is 43.7 Å². The molecule has 0 spiro atoms. The van der Waals surface area contributed by atoms with E-state index in [1.807, 2.05) is 6.07 Å². The van der Waals surface area contributed by atoms with Crippen LogP contribution in [-0.2, 0) is 6.18 Å². The molecule has 34 heavy (non-hydrogen) atoms. The number of pyridine rings is 2. The van der Waals surface area contributed by atoms with Crippen LogP contribution < -0.4 is 10.1 Å². The molecule has 1 atom stereocenters. The quantitative estimate of drug-likeness (QED) is 0.469. The van der Waals surface area contributed by atoms with Crippen LogP contribution in [0.2, 0.25) is 0 Å². The highest BCUT2D eigenvalue weighted by atomic mass is 19.4. The van der Waals surface area contributed by atoms with Crippen LogP contribution in [0.3, 0.4) is 0 Å². The van der Waals surface area contributed by atoms with Crippen LogP contribution in [0.1, 0.15) is 66.4 Å². The Kier molecular flexibility index (Phi) is 7.05. The molecule has 0 aliphatic heterocycles. The lowest BCUT2D eigenvalue weighted by atomic mass is 9.75. The molecule has 0 saturated heterocycles. The minimum absolute atomic E-state index is 0.0292. The maximum Gasteiger partial charge on any atom is 0.416 e. The maximum atomic E-state index is 13.3. The van der Waals surface area contributed by atoms with Crippen molar-refractivity contribution in [2.45, 2.75) is 57.2 Å². The number of rotatable bonds is 6. The standard InChI is InChI=1S/C26H28F3N3O2/c1-3-22(32-25(33)18-8-11-24(34-2)31-15-18)17-6-4-16(5-7-17)20-12-13-30-23-10-9-19(14-21(20)23)26(27,28)29/h8-17,22H,3-7H2,1-2H3,(H,32,33)/t16-,17+,22-/m1/s1. The van der Waals surface area contributed by atoms with Crippen molar-refractivity contribution in [3.63, 3.8) is 0 Å². The minimum Gasteiger partial charge on any atom is -0.481 e. The van der Waals surface area contributed by atoms with E-state index in [2.05, 4.69) is 22.2 Å². The van der Waals surface area contributed by atoms with Gasteiger partial charge in [-0.25, -0.2) is 4.98 Å². The zero-order chi connectivity index (χ0) is 24.3. The lowest BCUT2D eigenvalue weighted by Crippen LogP contribution is -2.41. The van der Waals surface area contributed by atoms with Gasteiger partial charge in [-0.15, -0.1) is 0 Å². The Morgan fingerprint density at radius 2 is 1.88 bits per heavy atom. The number of carbonyl (C=O) groups is 1. The average Bonchev–Trinajstić information content (AvgIpc) is 2.86. The van der Waals surface area contributed by atoms with Gasteiger partial charge >= 0.3 is 6.18 Å². The molecule has 0 radical (unpaired) electrons. The number of alkyl halides is 3. The zero-order valence-electron chi connectivity index (χ0n) is 19.2. The predicted molar refractivity (Wildman–Crippen MR) is 124 cm³/mol. The van der Waals surface area contributed by atoms with E-state index in [0.29, 0.717) is 28.3 Å². The third-order valence-corrected chi connectivity index (χ3v) is 6.85. The van der Waals surface area contributed by atoms with E-state index < -0.39 is 11.7 Å². The molecule has 1 aromatic carbocycles. The third kappa shape index (κ3) is 5.16. The molecule has 1 aliphatic carbocycles. The molecule has 1 amide bonds. The first-order chi connectivity index (χ1) is 16.3. The number of aromatic nitrogens is 2. The second-order valence-electron chi connectivity index (χ2n) is 8.82. The third-order valence-electron chi connectivity index (χ3n) is 6.85. The van der Waals surface area contributed by atoms with Gasteiger partial charge in [0.1, 0.15) is 0 Å². The summed E-state index contributed by atoms with van der Waals surface area (Å²) in [7, 11) is 1.52. The SMILES string of the molecule is CC[C@@H](NC(=O)c1ccc(OC)nc1)[C@H]1CC[C@@H](c2ccnc3ccc(C(F)(F)F)cc32)CC1. The molecule has 3 aromatic rings. The molecule has 2 aromatic heterocycles. The summed E-state index contributed by atoms with van der Waals surface area (Å²) in [5.41, 5.74) is 1.34. The zero-order valence-corrected chi connectivity index (χ0v) is 19.2. The lowest BCUT2D eigenvalue weighted by molar-refractivity contribution is -0.137. The summed E-state index contributed by atoms with van der Waals surface area (Å²) in [6.07, 6.45) is 3.10. The van der Waals surface area contributed by atoms with Crippen molar-refractivity contribution in [1.82, 2.24) is 15.3 Å². The Morgan fingerprint density at radius 3 is 2.50 bits per heavy atom. The van der Waals surface area contributed by atoms with Crippen LogP contribution in [0.4, 0.5) is 13.2 Å². The number of halogens is 3. The first-order valence-corrected chi connectivity index (χ1v) is 11.6. The fourth-order valence-corrected chi connectivity index (χ4v) is 4.97. The number of hydrogen-bond donors (Lipinski definition) is 1. The molecule has 180 valence electrons. The smallest absolute Gasteiger partial charge is 0.416 e. The van der Waals surface area contributed by atoms with Crippen molar-refractivity contribution >= 4 is 16.8 Å². The topological polar surface area (TPSA) is 64.1 Å². The summed E-state index contributed by atoms with van der Waals surface area (Å²) >= 11 is 0. The second-order valence-corrected chi connectivity index (χ2v) is 8.82. The van der Waals surface area contributed by atoms with Crippen molar-refractivity contribution < 1.29 is 22.7 Å². The Balaban J connectivity index is 1.44. The van der Waals surface area contributed by atoms with Crippen LogP contribution in [0.15, 0.2) is 48.8 Å². The molecule has 1 saturated carbocycles. The molecule has 1 N–H and O–H groups in total. The van der Waals surface area contributed by atoms with E-state index in [1.54, 1.807) is 18.3 Å². The Labute approximate surface area is 196 Å². The van der Waals surface area contributed by atoms with Gasteiger partial charge in [0.15, 0.2) is 0 Å². The first-order valence-electron chi connectivity index (χ1n) is 11.6. The number of ether oxygens (including phenoxy) is 1. The number of nitrogens with zero attached hydrogens (tertiary/aromatic N) is 2. The molecule has 4 rings (SSSR count). The lowest BCUT2D eigenvalue weighted by Gasteiger charge is -2.34. The van der Waals surface area contributed by atoms with Gasteiger partial charge in [-0.05, 0) is 79.8 Å². The van der Waals surface area contributed by atoms with Crippen molar-refractivity contribution in [1.29, 1.82) is 0 Å². The molecular weight excluding hydrogens is 443 g/mol. The maximum absolute atomic E-state index is 13.3. The number of amides is 1. The summed E-state index contributed by atoms with van der Waals surface area (Å²) < 4.78 is 44.8. The van der Waals surface area contributed by atoms with E-state index >= 15 is 0 Å². The monoisotopic (exact) mass is 471 g/mol. The minimum atomic E-state index is -4.38. The van der Waals surface area contributed by atoms with E-state index in [-0.39, 0.29) is 17.9 Å². The van der Waals surface area contributed by atoms with Crippen molar-refractivity contribution in [2.24, 2.45) is 5.92 Å². The molecule has 8 heteroatoms. The van der Waals surface area contributed by atoms with E-state index in [9.17, 15) is 18.0 Å². The largest absolute Gasteiger partial charge is 0.481 e. The Hall–Kier alpha value is -3.16. The van der Waals surface area contributed by atoms with Gasteiger partial charge < -0.3 is 10.1 Å². The summed E-state index contributed by atoms with van der Waals surface area (Å²) in [5, 5.41) is 3.72. The molecular formula is C26H28F3N3O2. The number of carbonyl (C=O) groups excluding carboxylic acids is 1. The molecule has 0 unspecified atom stereocenters. The number of benzene rings is 1. The highest BCUT2D eigenvalue weighted by molar-refractivity contribution is 5.94. The Bertz CT molecular complexity index is 1140. The number of hydrogen-bond acceptors (Lipinski definition) is 4. The molecule has 1 aliphatic rings. The summed E-state index contributed by atoms with van der Waals surface area (Å²) in [6.45, 7) is 2.05. The summed E-state index contributed by atoms with van der Waals surface area (Å²) in [4.78, 5) is 21.1. The van der Waals surface area contributed by atoms with Gasteiger partial charge in [-0.3, -0.25) is 9.78 Å². The summed E-state index contributed by atoms with van der Waals surface area (Å²) in [6, 6.07) is 8.98. The highest BCUT2D eigenvalue weighted by Gasteiger charge is 2.32. The fourth-order valence-electron chi connectivity index (χ4n) is 4.97. The average molecular weight is 472 g/mol. The van der Waals surface area contributed by atoms with Gasteiger partial charge in [0.05, 0.1) is 23.8 Å². The normalized spacial score (nSPS) is 19.6. The van der Waals surface area contributed by atoms with Crippen LogP contribution in [-0.4, -0.2) is 29.0 Å². The number of fused-ring (bicyclic) bond motifs is 1. The van der Waals surface area contributed by atoms with Crippen LogP contribution in [0, 0.1) is 5.92 Å². The van der Waals surface area contributed by atoms with E-state index in [1.165, 1.54) is 25.4 Å². The summed E-state index contributed by atoms with van der Waals surface area (Å²) in [5.74, 6) is 0.774. The first kappa shape index (κ1) is 24.0. The molecule has 1 fully saturated rings. The fraction of sp³-hybridized carbons (Fsp3) is 0.423. The number of methoxy groups -OCH3 is 1. The van der Waals surface area contributed by atoms with Gasteiger partial charge in [0.2, 0.25) is 5.88 Å². The molecule has 2 heterocycles. The Morgan fingerprint density at radius 1 is 1.12 bits per heavy atom. The van der Waals surface area contributed by atoms with Crippen molar-refractivity contribution in [3.8, 4) is 5.88 Å². The molecule has 5 nitrogen and oxygen atoms in total. The van der Waals surface area contributed by atoms with Crippen LogP contribution in [0.25, 0.3) is 10.9 Å².